The maximum atomic E-state index is 12.7. The molecule has 7 atom stereocenters. The van der Waals surface area contributed by atoms with Crippen LogP contribution >= 0.6 is 0 Å². The van der Waals surface area contributed by atoms with Crippen molar-refractivity contribution in [1.82, 2.24) is 0 Å². The van der Waals surface area contributed by atoms with Gasteiger partial charge in [0.1, 0.15) is 17.4 Å². The fourth-order valence-electron chi connectivity index (χ4n) is 6.39. The fraction of sp³-hybridized carbons (Fsp3) is 0.818. The van der Waals surface area contributed by atoms with Crippen molar-refractivity contribution in [3.8, 4) is 0 Å². The summed E-state index contributed by atoms with van der Waals surface area (Å²) in [6, 6.07) is 0. The molecule has 4 fully saturated rings. The zero-order valence-corrected chi connectivity index (χ0v) is 18.6. The van der Waals surface area contributed by atoms with Gasteiger partial charge in [-0.3, -0.25) is 9.59 Å². The number of rotatable bonds is 2. The van der Waals surface area contributed by atoms with Crippen LogP contribution in [0.5, 0.6) is 0 Å². The first-order chi connectivity index (χ1) is 13.1. The molecule has 5 nitrogen and oxygen atoms in total. The molecule has 3 heterocycles. The first-order valence-corrected chi connectivity index (χ1v) is 13.8. The third-order valence-electron chi connectivity index (χ3n) is 8.60. The van der Waals surface area contributed by atoms with E-state index in [0.29, 0.717) is 5.92 Å². The number of fused-ring (bicyclic) bond motifs is 4. The molecule has 3 aliphatic heterocycles. The van der Waals surface area contributed by atoms with E-state index in [1.807, 2.05) is 0 Å². The van der Waals surface area contributed by atoms with E-state index in [4.69, 9.17) is 13.9 Å². The molecule has 0 N–H and O–H groups in total. The van der Waals surface area contributed by atoms with Gasteiger partial charge >= 0.3 is 11.9 Å². The summed E-state index contributed by atoms with van der Waals surface area (Å²) in [7, 11) is -1.97. The van der Waals surface area contributed by atoms with Gasteiger partial charge in [-0.25, -0.2) is 0 Å². The number of ether oxygens (including phenoxy) is 2. The van der Waals surface area contributed by atoms with Crippen LogP contribution in [0.2, 0.25) is 18.1 Å². The molecule has 2 saturated carbocycles. The Morgan fingerprint density at radius 1 is 1.14 bits per heavy atom. The third-order valence-corrected chi connectivity index (χ3v) is 13.1. The van der Waals surface area contributed by atoms with Crippen molar-refractivity contribution in [3.63, 3.8) is 0 Å². The lowest BCUT2D eigenvalue weighted by Gasteiger charge is -2.54. The topological polar surface area (TPSA) is 61.8 Å². The standard InChI is InChI=1S/C22H32O5Si/c1-21(2,3)28(4,5)27-14-8-6-7-12-9-10-13-11-15-16-18(20(24)25-19(16)23)22(13,26-15)17(12)14/h11-12,14-18H,6-10H2,1-5H3/t12-,14-,15+,16+,17+,18-,22+/m1/s1. The number of esters is 2. The molecule has 0 aromatic carbocycles. The van der Waals surface area contributed by atoms with Crippen LogP contribution in [0.15, 0.2) is 11.6 Å². The van der Waals surface area contributed by atoms with Gasteiger partial charge in [0, 0.05) is 5.92 Å². The molecule has 0 unspecified atom stereocenters. The Labute approximate surface area is 168 Å². The van der Waals surface area contributed by atoms with E-state index < -0.39 is 31.7 Å². The van der Waals surface area contributed by atoms with Gasteiger partial charge in [-0.2, -0.15) is 0 Å². The summed E-state index contributed by atoms with van der Waals surface area (Å²) in [5.41, 5.74) is 0.562. The molecule has 2 aliphatic carbocycles. The normalized spacial score (nSPS) is 44.7. The summed E-state index contributed by atoms with van der Waals surface area (Å²) in [5, 5.41) is 0.129. The molecule has 5 rings (SSSR count). The Morgan fingerprint density at radius 3 is 2.61 bits per heavy atom. The molecular weight excluding hydrogens is 372 g/mol. The molecule has 5 aliphatic rings. The molecule has 154 valence electrons. The van der Waals surface area contributed by atoms with Crippen LogP contribution in [0.25, 0.3) is 0 Å². The summed E-state index contributed by atoms with van der Waals surface area (Å²) in [4.78, 5) is 25.1. The maximum Gasteiger partial charge on any atom is 0.320 e. The minimum Gasteiger partial charge on any atom is -0.414 e. The molecule has 1 spiro atoms. The molecule has 2 saturated heterocycles. The van der Waals surface area contributed by atoms with Crippen LogP contribution in [-0.4, -0.2) is 38.1 Å². The fourth-order valence-corrected chi connectivity index (χ4v) is 7.77. The van der Waals surface area contributed by atoms with Crippen molar-refractivity contribution in [3.05, 3.63) is 11.6 Å². The van der Waals surface area contributed by atoms with Crippen LogP contribution < -0.4 is 0 Å². The zero-order chi connectivity index (χ0) is 20.1. The van der Waals surface area contributed by atoms with Crippen molar-refractivity contribution >= 4 is 20.3 Å². The summed E-state index contributed by atoms with van der Waals surface area (Å²) in [5.74, 6) is -1.06. The number of carbonyl (C=O) groups is 2. The smallest absolute Gasteiger partial charge is 0.320 e. The molecule has 2 bridgehead atoms. The molecule has 0 aromatic heterocycles. The summed E-state index contributed by atoms with van der Waals surface area (Å²) in [6.45, 7) is 11.4. The minimum absolute atomic E-state index is 0.0874. The molecule has 28 heavy (non-hydrogen) atoms. The highest BCUT2D eigenvalue weighted by Gasteiger charge is 2.74. The van der Waals surface area contributed by atoms with Crippen LogP contribution in [0, 0.1) is 23.7 Å². The Hall–Kier alpha value is -0.983. The highest BCUT2D eigenvalue weighted by Crippen LogP contribution is 2.65. The largest absolute Gasteiger partial charge is 0.414 e. The third kappa shape index (κ3) is 2.31. The van der Waals surface area contributed by atoms with Gasteiger partial charge in [0.2, 0.25) is 0 Å². The van der Waals surface area contributed by atoms with Crippen molar-refractivity contribution in [2.75, 3.05) is 0 Å². The lowest BCUT2D eigenvalue weighted by Crippen LogP contribution is -2.60. The average molecular weight is 405 g/mol. The zero-order valence-electron chi connectivity index (χ0n) is 17.6. The predicted octanol–water partition coefficient (Wildman–Crippen LogP) is 3.98. The van der Waals surface area contributed by atoms with Gasteiger partial charge in [-0.1, -0.05) is 33.3 Å². The van der Waals surface area contributed by atoms with Gasteiger partial charge in [0.05, 0.1) is 12.2 Å². The van der Waals surface area contributed by atoms with E-state index in [-0.39, 0.29) is 29.1 Å². The second-order valence-electron chi connectivity index (χ2n) is 11.0. The number of carbonyl (C=O) groups excluding carboxylic acids is 2. The molecule has 0 amide bonds. The van der Waals surface area contributed by atoms with E-state index in [9.17, 15) is 9.59 Å². The van der Waals surface area contributed by atoms with E-state index in [1.54, 1.807) is 0 Å². The lowest BCUT2D eigenvalue weighted by atomic mass is 9.54. The Balaban J connectivity index is 1.56. The number of hydrogen-bond donors (Lipinski definition) is 0. The van der Waals surface area contributed by atoms with E-state index >= 15 is 0 Å². The Morgan fingerprint density at radius 2 is 1.89 bits per heavy atom. The van der Waals surface area contributed by atoms with Crippen molar-refractivity contribution in [2.24, 2.45) is 23.7 Å². The van der Waals surface area contributed by atoms with Crippen LogP contribution in [-0.2, 0) is 23.5 Å². The Bertz CT molecular complexity index is 765. The molecular formula is C22H32O5Si. The van der Waals surface area contributed by atoms with Gasteiger partial charge in [0.25, 0.3) is 0 Å². The lowest BCUT2D eigenvalue weighted by molar-refractivity contribution is -0.167. The second-order valence-corrected chi connectivity index (χ2v) is 15.7. The first-order valence-electron chi connectivity index (χ1n) is 10.9. The SMILES string of the molecule is CC(C)(C)[Si](C)(C)O[C@@H]1CCC[C@@H]2CCC3=C[C@@H]4O[C@@]3([C@@H]21)[C@H]1C(=O)OC(=O)[C@@H]41. The highest BCUT2D eigenvalue weighted by molar-refractivity contribution is 6.74. The van der Waals surface area contributed by atoms with Crippen molar-refractivity contribution in [1.29, 1.82) is 0 Å². The van der Waals surface area contributed by atoms with Gasteiger partial charge in [-0.05, 0) is 55.3 Å². The summed E-state index contributed by atoms with van der Waals surface area (Å²) < 4.78 is 18.7. The van der Waals surface area contributed by atoms with Gasteiger partial charge in [-0.15, -0.1) is 0 Å². The molecule has 6 heteroatoms. The minimum atomic E-state index is -1.97. The predicted molar refractivity (Wildman–Crippen MR) is 106 cm³/mol. The summed E-state index contributed by atoms with van der Waals surface area (Å²) in [6.07, 6.45) is 7.35. The van der Waals surface area contributed by atoms with Gasteiger partial charge < -0.3 is 13.9 Å². The van der Waals surface area contributed by atoms with Crippen LogP contribution in [0.4, 0.5) is 0 Å². The molecule has 0 radical (unpaired) electrons. The van der Waals surface area contributed by atoms with Crippen LogP contribution in [0.3, 0.4) is 0 Å². The average Bonchev–Trinajstić information content (AvgIpc) is 3.22. The quantitative estimate of drug-likeness (QED) is 0.301. The summed E-state index contributed by atoms with van der Waals surface area (Å²) >= 11 is 0. The first kappa shape index (κ1) is 19.0. The Kier molecular flexibility index (Phi) is 3.93. The number of cyclic esters (lactones) is 2. The molecule has 0 aromatic rings. The van der Waals surface area contributed by atoms with E-state index in [1.165, 1.54) is 5.57 Å². The number of hydrogen-bond acceptors (Lipinski definition) is 5. The van der Waals surface area contributed by atoms with E-state index in [0.717, 1.165) is 32.1 Å². The highest BCUT2D eigenvalue weighted by atomic mass is 28.4. The van der Waals surface area contributed by atoms with Crippen molar-refractivity contribution in [2.45, 2.75) is 88.8 Å². The van der Waals surface area contributed by atoms with Gasteiger partial charge in [0.15, 0.2) is 8.32 Å². The second kappa shape index (κ2) is 5.79. The van der Waals surface area contributed by atoms with Crippen LogP contribution in [0.1, 0.15) is 52.9 Å². The van der Waals surface area contributed by atoms with E-state index in [2.05, 4.69) is 39.9 Å². The monoisotopic (exact) mass is 404 g/mol. The van der Waals surface area contributed by atoms with Crippen molar-refractivity contribution < 1.29 is 23.5 Å². The maximum absolute atomic E-state index is 12.7.